The van der Waals surface area contributed by atoms with Crippen molar-refractivity contribution in [2.45, 2.75) is 6.92 Å². The number of Topliss-reactive ketones (excluding diaryl/α,β-unsaturated/α-hetero) is 1. The van der Waals surface area contributed by atoms with Gasteiger partial charge in [-0.15, -0.1) is 0 Å². The highest BCUT2D eigenvalue weighted by Gasteiger charge is 2.15. The number of ketones is 1. The van der Waals surface area contributed by atoms with E-state index in [1.807, 2.05) is 49.4 Å². The van der Waals surface area contributed by atoms with Crippen LogP contribution in [0.3, 0.4) is 0 Å². The van der Waals surface area contributed by atoms with Crippen LogP contribution >= 0.6 is 0 Å². The minimum atomic E-state index is -0.163. The van der Waals surface area contributed by atoms with Gasteiger partial charge < -0.3 is 5.84 Å². The predicted molar refractivity (Wildman–Crippen MR) is 72.7 cm³/mol. The molecule has 90 valence electrons. The van der Waals surface area contributed by atoms with Crippen LogP contribution in [0.15, 0.2) is 59.7 Å². The Morgan fingerprint density at radius 3 is 2.11 bits per heavy atom. The summed E-state index contributed by atoms with van der Waals surface area (Å²) in [5.74, 6) is 5.18. The first kappa shape index (κ1) is 12.0. The Morgan fingerprint density at radius 2 is 1.56 bits per heavy atom. The average Bonchev–Trinajstić information content (AvgIpc) is 2.41. The fraction of sp³-hybridized carbons (Fsp3) is 0.0667. The number of benzene rings is 2. The maximum atomic E-state index is 12.3. The van der Waals surface area contributed by atoms with Crippen molar-refractivity contribution in [1.82, 2.24) is 0 Å². The van der Waals surface area contributed by atoms with E-state index in [0.29, 0.717) is 5.56 Å². The third kappa shape index (κ3) is 2.46. The lowest BCUT2D eigenvalue weighted by Gasteiger charge is -2.05. The van der Waals surface area contributed by atoms with Crippen molar-refractivity contribution >= 4 is 11.5 Å². The molecular weight excluding hydrogens is 224 g/mol. The molecule has 2 N–H and O–H groups in total. The van der Waals surface area contributed by atoms with Crippen molar-refractivity contribution < 1.29 is 4.79 Å². The lowest BCUT2D eigenvalue weighted by atomic mass is 10.00. The first-order chi connectivity index (χ1) is 8.72. The molecule has 2 rings (SSSR count). The molecule has 0 aliphatic rings. The van der Waals surface area contributed by atoms with Crippen molar-refractivity contribution in [3.8, 4) is 0 Å². The summed E-state index contributed by atoms with van der Waals surface area (Å²) >= 11 is 0. The molecule has 0 unspecified atom stereocenters. The molecular formula is C15H14N2O. The van der Waals surface area contributed by atoms with Gasteiger partial charge in [0.25, 0.3) is 0 Å². The Hall–Kier alpha value is -2.42. The van der Waals surface area contributed by atoms with E-state index in [2.05, 4.69) is 5.10 Å². The summed E-state index contributed by atoms with van der Waals surface area (Å²) in [5.41, 5.74) is 2.70. The number of aryl methyl sites for hydroxylation is 1. The molecule has 0 aliphatic heterocycles. The van der Waals surface area contributed by atoms with Crippen molar-refractivity contribution in [3.05, 3.63) is 71.3 Å². The molecule has 0 heterocycles. The third-order valence-corrected chi connectivity index (χ3v) is 2.71. The number of rotatable bonds is 3. The monoisotopic (exact) mass is 238 g/mol. The van der Waals surface area contributed by atoms with Gasteiger partial charge in [-0.2, -0.15) is 5.10 Å². The first-order valence-corrected chi connectivity index (χ1v) is 5.67. The highest BCUT2D eigenvalue weighted by atomic mass is 16.1. The second kappa shape index (κ2) is 5.27. The van der Waals surface area contributed by atoms with Crippen molar-refractivity contribution in [1.29, 1.82) is 0 Å². The number of nitrogens with zero attached hydrogens (tertiary/aromatic N) is 1. The van der Waals surface area contributed by atoms with Crippen LogP contribution in [0.1, 0.15) is 21.5 Å². The number of nitrogens with two attached hydrogens (primary N) is 1. The highest BCUT2D eigenvalue weighted by molar-refractivity contribution is 6.51. The first-order valence-electron chi connectivity index (χ1n) is 5.67. The molecule has 0 fully saturated rings. The Bertz CT molecular complexity index is 571. The lowest BCUT2D eigenvalue weighted by molar-refractivity contribution is 0.106. The molecule has 18 heavy (non-hydrogen) atoms. The standard InChI is InChI=1S/C15H14N2O/c1-11-7-9-13(10-8-11)15(18)14(17-16)12-5-3-2-4-6-12/h2-10H,16H2,1H3/b17-14+. The van der Waals surface area contributed by atoms with Crippen LogP contribution in [0, 0.1) is 6.92 Å². The van der Waals surface area contributed by atoms with Crippen LogP contribution in [-0.4, -0.2) is 11.5 Å². The van der Waals surface area contributed by atoms with Crippen LogP contribution < -0.4 is 5.84 Å². The van der Waals surface area contributed by atoms with Crippen LogP contribution in [0.25, 0.3) is 0 Å². The van der Waals surface area contributed by atoms with Gasteiger partial charge >= 0.3 is 0 Å². The fourth-order valence-corrected chi connectivity index (χ4v) is 1.70. The number of carbonyl (C=O) groups is 1. The number of hydrazone groups is 1. The fourth-order valence-electron chi connectivity index (χ4n) is 1.70. The van der Waals surface area contributed by atoms with Gasteiger partial charge in [-0.1, -0.05) is 60.2 Å². The minimum Gasteiger partial charge on any atom is -0.323 e. The molecule has 0 saturated heterocycles. The van der Waals surface area contributed by atoms with E-state index < -0.39 is 0 Å². The van der Waals surface area contributed by atoms with Crippen LogP contribution in [0.4, 0.5) is 0 Å². The Labute approximate surface area is 106 Å². The van der Waals surface area contributed by atoms with Gasteiger partial charge in [-0.25, -0.2) is 0 Å². The topological polar surface area (TPSA) is 55.5 Å². The maximum absolute atomic E-state index is 12.3. The number of hydrogen-bond acceptors (Lipinski definition) is 3. The van der Waals surface area contributed by atoms with Gasteiger partial charge in [0.15, 0.2) is 0 Å². The second-order valence-electron chi connectivity index (χ2n) is 4.04. The number of carbonyl (C=O) groups excluding carboxylic acids is 1. The Kier molecular flexibility index (Phi) is 3.53. The zero-order chi connectivity index (χ0) is 13.0. The molecule has 0 spiro atoms. The zero-order valence-corrected chi connectivity index (χ0v) is 10.1. The van der Waals surface area contributed by atoms with Crippen molar-refractivity contribution in [2.24, 2.45) is 10.9 Å². The van der Waals surface area contributed by atoms with E-state index in [1.165, 1.54) is 0 Å². The van der Waals surface area contributed by atoms with E-state index in [4.69, 9.17) is 5.84 Å². The quantitative estimate of drug-likeness (QED) is 0.386. The largest absolute Gasteiger partial charge is 0.323 e. The van der Waals surface area contributed by atoms with E-state index >= 15 is 0 Å². The molecule has 0 aromatic heterocycles. The summed E-state index contributed by atoms with van der Waals surface area (Å²) in [7, 11) is 0. The second-order valence-corrected chi connectivity index (χ2v) is 4.04. The molecule has 2 aromatic rings. The van der Waals surface area contributed by atoms with Gasteiger partial charge in [-0.3, -0.25) is 4.79 Å². The van der Waals surface area contributed by atoms with E-state index in [1.54, 1.807) is 12.1 Å². The molecule has 0 radical (unpaired) electrons. The van der Waals surface area contributed by atoms with Crippen LogP contribution in [-0.2, 0) is 0 Å². The highest BCUT2D eigenvalue weighted by Crippen LogP contribution is 2.09. The molecule has 2 aromatic carbocycles. The van der Waals surface area contributed by atoms with E-state index in [-0.39, 0.29) is 11.5 Å². The summed E-state index contributed by atoms with van der Waals surface area (Å²) in [6, 6.07) is 16.6. The summed E-state index contributed by atoms with van der Waals surface area (Å²) < 4.78 is 0. The molecule has 3 heteroatoms. The van der Waals surface area contributed by atoms with E-state index in [9.17, 15) is 4.79 Å². The molecule has 3 nitrogen and oxygen atoms in total. The molecule has 0 bridgehead atoms. The summed E-state index contributed by atoms with van der Waals surface area (Å²) in [6.07, 6.45) is 0. The summed E-state index contributed by atoms with van der Waals surface area (Å²) in [5, 5.41) is 3.62. The van der Waals surface area contributed by atoms with Gasteiger partial charge in [0, 0.05) is 11.1 Å². The third-order valence-electron chi connectivity index (χ3n) is 2.71. The maximum Gasteiger partial charge on any atom is 0.213 e. The summed E-state index contributed by atoms with van der Waals surface area (Å²) in [4.78, 5) is 12.3. The summed E-state index contributed by atoms with van der Waals surface area (Å²) in [6.45, 7) is 1.98. The zero-order valence-electron chi connectivity index (χ0n) is 10.1. The minimum absolute atomic E-state index is 0.163. The lowest BCUT2D eigenvalue weighted by Crippen LogP contribution is -2.17. The van der Waals surface area contributed by atoms with Crippen LogP contribution in [0.5, 0.6) is 0 Å². The SMILES string of the molecule is Cc1ccc(C(=O)/C(=N/N)c2ccccc2)cc1. The predicted octanol–water partition coefficient (Wildman–Crippen LogP) is 2.54. The van der Waals surface area contributed by atoms with Crippen molar-refractivity contribution in [3.63, 3.8) is 0 Å². The molecule has 0 saturated carbocycles. The Balaban J connectivity index is 2.35. The number of hydrogen-bond donors (Lipinski definition) is 1. The normalized spacial score (nSPS) is 11.3. The molecule has 0 amide bonds. The van der Waals surface area contributed by atoms with Crippen LogP contribution in [0.2, 0.25) is 0 Å². The van der Waals surface area contributed by atoms with Crippen molar-refractivity contribution in [2.75, 3.05) is 0 Å². The van der Waals surface area contributed by atoms with Gasteiger partial charge in [0.2, 0.25) is 5.78 Å². The van der Waals surface area contributed by atoms with Gasteiger partial charge in [-0.05, 0) is 6.92 Å². The smallest absolute Gasteiger partial charge is 0.213 e. The molecule has 0 atom stereocenters. The molecule has 0 aliphatic carbocycles. The van der Waals surface area contributed by atoms with Gasteiger partial charge in [0.05, 0.1) is 0 Å². The Morgan fingerprint density at radius 1 is 0.944 bits per heavy atom. The average molecular weight is 238 g/mol. The van der Waals surface area contributed by atoms with E-state index in [0.717, 1.165) is 11.1 Å². The van der Waals surface area contributed by atoms with Gasteiger partial charge in [0.1, 0.15) is 5.71 Å².